The quantitative estimate of drug-likeness (QED) is 0.797. The normalized spacial score (nSPS) is 25.3. The fraction of sp³-hybridized carbons (Fsp3) is 0.500. The minimum atomic E-state index is 0.160. The molecule has 1 amide bonds. The maximum Gasteiger partial charge on any atom is 0.220 e. The monoisotopic (exact) mass is 204 g/mol. The zero-order valence-electron chi connectivity index (χ0n) is 9.16. The van der Waals surface area contributed by atoms with Gasteiger partial charge in [-0.15, -0.1) is 0 Å². The fourth-order valence-electron chi connectivity index (χ4n) is 2.14. The maximum absolute atomic E-state index is 11.3. The van der Waals surface area contributed by atoms with E-state index in [1.54, 1.807) is 0 Å². The number of aromatic nitrogens is 1. The summed E-state index contributed by atoms with van der Waals surface area (Å²) in [7, 11) is 0. The smallest absolute Gasteiger partial charge is 0.220 e. The average molecular weight is 204 g/mol. The van der Waals surface area contributed by atoms with Crippen LogP contribution in [0.15, 0.2) is 18.3 Å². The van der Waals surface area contributed by atoms with Crippen molar-refractivity contribution in [2.24, 2.45) is 0 Å². The topological polar surface area (TPSA) is 42.0 Å². The summed E-state index contributed by atoms with van der Waals surface area (Å²) in [6.45, 7) is 4.07. The molecule has 1 aromatic heterocycles. The predicted octanol–water partition coefficient (Wildman–Crippen LogP) is 1.77. The standard InChI is InChI=1S/C12H16N2O/c1-3-11-10(6-12(15)14-11)9-5-4-8(2)13-7-9/h4-5,7,10-11H,3,6H2,1-2H3,(H,14,15). The van der Waals surface area contributed by atoms with Crippen LogP contribution in [0.2, 0.25) is 0 Å². The maximum atomic E-state index is 11.3. The van der Waals surface area contributed by atoms with Crippen LogP contribution in [0.4, 0.5) is 0 Å². The van der Waals surface area contributed by atoms with E-state index in [0.717, 1.165) is 12.1 Å². The Kier molecular flexibility index (Phi) is 2.71. The predicted molar refractivity (Wildman–Crippen MR) is 58.6 cm³/mol. The van der Waals surface area contributed by atoms with Gasteiger partial charge in [0.2, 0.25) is 5.91 Å². The van der Waals surface area contributed by atoms with Crippen molar-refractivity contribution >= 4 is 5.91 Å². The molecular formula is C12H16N2O. The van der Waals surface area contributed by atoms with Gasteiger partial charge in [0.1, 0.15) is 0 Å². The molecule has 2 unspecified atom stereocenters. The molecule has 15 heavy (non-hydrogen) atoms. The van der Waals surface area contributed by atoms with Crippen LogP contribution in [0.5, 0.6) is 0 Å². The summed E-state index contributed by atoms with van der Waals surface area (Å²) in [5.74, 6) is 0.461. The lowest BCUT2D eigenvalue weighted by molar-refractivity contribution is -0.119. The zero-order valence-corrected chi connectivity index (χ0v) is 9.16. The van der Waals surface area contributed by atoms with Gasteiger partial charge in [0.05, 0.1) is 0 Å². The summed E-state index contributed by atoms with van der Waals surface area (Å²) in [6, 6.07) is 4.36. The lowest BCUT2D eigenvalue weighted by atomic mass is 9.91. The summed E-state index contributed by atoms with van der Waals surface area (Å²) in [5.41, 5.74) is 2.19. The molecule has 0 spiro atoms. The van der Waals surface area contributed by atoms with E-state index in [4.69, 9.17) is 0 Å². The van der Waals surface area contributed by atoms with Crippen LogP contribution in [-0.2, 0) is 4.79 Å². The molecule has 0 saturated carbocycles. The SMILES string of the molecule is CCC1NC(=O)CC1c1ccc(C)nc1. The van der Waals surface area contributed by atoms with Crippen LogP contribution >= 0.6 is 0 Å². The molecule has 1 saturated heterocycles. The summed E-state index contributed by atoms with van der Waals surface area (Å²) in [4.78, 5) is 15.6. The number of nitrogens with one attached hydrogen (secondary N) is 1. The van der Waals surface area contributed by atoms with Crippen molar-refractivity contribution in [2.75, 3.05) is 0 Å². The van der Waals surface area contributed by atoms with Gasteiger partial charge in [-0.2, -0.15) is 0 Å². The van der Waals surface area contributed by atoms with Gasteiger partial charge < -0.3 is 5.32 Å². The summed E-state index contributed by atoms with van der Waals surface area (Å²) in [5, 5.41) is 3.00. The highest BCUT2D eigenvalue weighted by Crippen LogP contribution is 2.29. The molecule has 1 fully saturated rings. The van der Waals surface area contributed by atoms with Gasteiger partial charge in [-0.05, 0) is 25.0 Å². The largest absolute Gasteiger partial charge is 0.353 e. The number of carbonyl (C=O) groups is 1. The number of rotatable bonds is 2. The first-order valence-corrected chi connectivity index (χ1v) is 5.42. The summed E-state index contributed by atoms with van der Waals surface area (Å²) >= 11 is 0. The zero-order chi connectivity index (χ0) is 10.8. The van der Waals surface area contributed by atoms with Crippen LogP contribution in [0.3, 0.4) is 0 Å². The minimum Gasteiger partial charge on any atom is -0.353 e. The molecule has 2 atom stereocenters. The molecule has 1 N–H and O–H groups in total. The number of pyridine rings is 1. The molecule has 0 bridgehead atoms. The van der Waals surface area contributed by atoms with Gasteiger partial charge in [0, 0.05) is 30.3 Å². The van der Waals surface area contributed by atoms with E-state index < -0.39 is 0 Å². The average Bonchev–Trinajstić information content (AvgIpc) is 2.61. The van der Waals surface area contributed by atoms with Crippen LogP contribution in [-0.4, -0.2) is 16.9 Å². The first-order chi connectivity index (χ1) is 7.20. The van der Waals surface area contributed by atoms with Gasteiger partial charge >= 0.3 is 0 Å². The van der Waals surface area contributed by atoms with Crippen molar-refractivity contribution in [3.63, 3.8) is 0 Å². The molecule has 3 heteroatoms. The van der Waals surface area contributed by atoms with Crippen molar-refractivity contribution in [1.29, 1.82) is 0 Å². The highest BCUT2D eigenvalue weighted by atomic mass is 16.2. The second kappa shape index (κ2) is 4.01. The number of nitrogens with zero attached hydrogens (tertiary/aromatic N) is 1. The van der Waals surface area contributed by atoms with E-state index in [2.05, 4.69) is 23.3 Å². The lowest BCUT2D eigenvalue weighted by Crippen LogP contribution is -2.27. The first kappa shape index (κ1) is 10.1. The molecule has 2 heterocycles. The van der Waals surface area contributed by atoms with Gasteiger partial charge in [0.15, 0.2) is 0 Å². The van der Waals surface area contributed by atoms with Gasteiger partial charge in [-0.1, -0.05) is 13.0 Å². The number of aryl methyl sites for hydroxylation is 1. The lowest BCUT2D eigenvalue weighted by Gasteiger charge is -2.16. The van der Waals surface area contributed by atoms with Gasteiger partial charge in [-0.3, -0.25) is 9.78 Å². The highest BCUT2D eigenvalue weighted by Gasteiger charge is 2.32. The second-order valence-corrected chi connectivity index (χ2v) is 4.13. The second-order valence-electron chi connectivity index (χ2n) is 4.13. The van der Waals surface area contributed by atoms with Crippen molar-refractivity contribution < 1.29 is 4.79 Å². The Morgan fingerprint density at radius 3 is 2.93 bits per heavy atom. The Morgan fingerprint density at radius 1 is 1.53 bits per heavy atom. The third kappa shape index (κ3) is 2.01. The molecule has 3 nitrogen and oxygen atoms in total. The Hall–Kier alpha value is -1.38. The third-order valence-corrected chi connectivity index (χ3v) is 3.04. The van der Waals surface area contributed by atoms with Crippen LogP contribution in [0.1, 0.15) is 36.9 Å². The molecule has 2 rings (SSSR count). The van der Waals surface area contributed by atoms with E-state index in [9.17, 15) is 4.79 Å². The molecule has 0 aromatic carbocycles. The molecule has 0 aliphatic carbocycles. The third-order valence-electron chi connectivity index (χ3n) is 3.04. The van der Waals surface area contributed by atoms with E-state index in [-0.39, 0.29) is 11.9 Å². The molecule has 80 valence electrons. The van der Waals surface area contributed by atoms with Crippen molar-refractivity contribution in [2.45, 2.75) is 38.6 Å². The Morgan fingerprint density at radius 2 is 2.33 bits per heavy atom. The molecule has 1 aliphatic heterocycles. The Balaban J connectivity index is 2.22. The summed E-state index contributed by atoms with van der Waals surface area (Å²) < 4.78 is 0. The number of hydrogen-bond acceptors (Lipinski definition) is 2. The van der Waals surface area contributed by atoms with Gasteiger partial charge in [-0.25, -0.2) is 0 Å². The van der Waals surface area contributed by atoms with Crippen LogP contribution in [0.25, 0.3) is 0 Å². The highest BCUT2D eigenvalue weighted by molar-refractivity contribution is 5.80. The first-order valence-electron chi connectivity index (χ1n) is 5.42. The molecule has 0 radical (unpaired) electrons. The minimum absolute atomic E-state index is 0.160. The van der Waals surface area contributed by atoms with E-state index in [1.165, 1.54) is 5.56 Å². The molecular weight excluding hydrogens is 188 g/mol. The number of amides is 1. The van der Waals surface area contributed by atoms with Crippen LogP contribution in [0, 0.1) is 6.92 Å². The fourth-order valence-corrected chi connectivity index (χ4v) is 2.14. The van der Waals surface area contributed by atoms with Gasteiger partial charge in [0.25, 0.3) is 0 Å². The number of hydrogen-bond donors (Lipinski definition) is 1. The van der Waals surface area contributed by atoms with Crippen molar-refractivity contribution in [3.8, 4) is 0 Å². The summed E-state index contributed by atoms with van der Waals surface area (Å²) in [6.07, 6.45) is 3.47. The molecule has 1 aliphatic rings. The van der Waals surface area contributed by atoms with E-state index in [1.807, 2.05) is 19.2 Å². The molecule has 1 aromatic rings. The van der Waals surface area contributed by atoms with Crippen LogP contribution < -0.4 is 5.32 Å². The Bertz CT molecular complexity index is 358. The Labute approximate surface area is 89.9 Å². The van der Waals surface area contributed by atoms with E-state index in [0.29, 0.717) is 12.3 Å². The number of carbonyl (C=O) groups excluding carboxylic acids is 1. The van der Waals surface area contributed by atoms with E-state index >= 15 is 0 Å². The van der Waals surface area contributed by atoms with Crippen molar-refractivity contribution in [1.82, 2.24) is 10.3 Å². The van der Waals surface area contributed by atoms with Crippen molar-refractivity contribution in [3.05, 3.63) is 29.6 Å².